The molecule has 1 atom stereocenters. The zero-order valence-corrected chi connectivity index (χ0v) is 18.5. The lowest BCUT2D eigenvalue weighted by atomic mass is 9.81. The lowest BCUT2D eigenvalue weighted by molar-refractivity contribution is -0.183. The number of nitriles is 2. The highest BCUT2D eigenvalue weighted by Crippen LogP contribution is 2.37. The molecule has 1 aliphatic carbocycles. The summed E-state index contributed by atoms with van der Waals surface area (Å²) in [5.41, 5.74) is 2.56. The highest BCUT2D eigenvalue weighted by molar-refractivity contribution is 5.79. The fraction of sp³-hybridized carbons (Fsp3) is 0.400. The lowest BCUT2D eigenvalue weighted by Gasteiger charge is -2.32. The first-order chi connectivity index (χ1) is 16.6. The summed E-state index contributed by atoms with van der Waals surface area (Å²) in [5, 5.41) is 19.7. The Balaban J connectivity index is 1.23. The number of benzene rings is 1. The van der Waals surface area contributed by atoms with Crippen LogP contribution in [0.25, 0.3) is 11.0 Å². The molecule has 2 aromatic heterocycles. The number of hydrogen-bond donors (Lipinski definition) is 0. The van der Waals surface area contributed by atoms with Crippen molar-refractivity contribution in [2.45, 2.75) is 44.7 Å². The van der Waals surface area contributed by atoms with Gasteiger partial charge in [0.2, 0.25) is 5.91 Å². The van der Waals surface area contributed by atoms with Crippen LogP contribution in [-0.2, 0) is 16.2 Å². The summed E-state index contributed by atoms with van der Waals surface area (Å²) in [4.78, 5) is 27.4. The molecule has 34 heavy (non-hydrogen) atoms. The van der Waals surface area contributed by atoms with Gasteiger partial charge >= 0.3 is 0 Å². The van der Waals surface area contributed by atoms with Crippen molar-refractivity contribution in [3.63, 3.8) is 0 Å². The molecule has 9 heteroatoms. The number of carbonyl (C=O) groups is 1. The summed E-state index contributed by atoms with van der Waals surface area (Å²) in [6, 6.07) is 8.33. The molecule has 1 amide bonds. The average molecular weight is 458 g/mol. The Kier molecular flexibility index (Phi) is 5.95. The van der Waals surface area contributed by atoms with E-state index in [2.05, 4.69) is 16.0 Å². The van der Waals surface area contributed by atoms with Crippen LogP contribution in [0.1, 0.15) is 54.8 Å². The second-order valence-electron chi connectivity index (χ2n) is 8.97. The van der Waals surface area contributed by atoms with Gasteiger partial charge in [0.25, 0.3) is 0 Å². The van der Waals surface area contributed by atoms with Gasteiger partial charge in [-0.25, -0.2) is 14.4 Å². The monoisotopic (exact) mass is 458 g/mol. The fourth-order valence-corrected chi connectivity index (χ4v) is 5.05. The van der Waals surface area contributed by atoms with Crippen molar-refractivity contribution in [2.75, 3.05) is 6.61 Å². The predicted molar refractivity (Wildman–Crippen MR) is 119 cm³/mol. The second-order valence-corrected chi connectivity index (χ2v) is 8.97. The van der Waals surface area contributed by atoms with E-state index in [-0.39, 0.29) is 23.4 Å². The summed E-state index contributed by atoms with van der Waals surface area (Å²) < 4.78 is 16.0. The van der Waals surface area contributed by atoms with E-state index in [0.29, 0.717) is 42.1 Å². The molecule has 2 fully saturated rings. The van der Waals surface area contributed by atoms with Crippen LogP contribution in [0.4, 0.5) is 4.39 Å². The third kappa shape index (κ3) is 4.11. The van der Waals surface area contributed by atoms with Gasteiger partial charge in [0.15, 0.2) is 0 Å². The van der Waals surface area contributed by atoms with Crippen molar-refractivity contribution in [2.24, 2.45) is 11.8 Å². The molecular weight excluding hydrogens is 435 g/mol. The number of rotatable bonds is 4. The van der Waals surface area contributed by atoms with Crippen LogP contribution in [0.2, 0.25) is 0 Å². The number of hydrogen-bond acceptors (Lipinski definition) is 6. The predicted octanol–water partition coefficient (Wildman–Crippen LogP) is 4.03. The van der Waals surface area contributed by atoms with Crippen molar-refractivity contribution in [1.82, 2.24) is 19.6 Å². The lowest BCUT2D eigenvalue weighted by Crippen LogP contribution is -2.37. The number of hydroxylamine groups is 2. The Morgan fingerprint density at radius 2 is 1.94 bits per heavy atom. The molecule has 0 spiro atoms. The van der Waals surface area contributed by atoms with Crippen LogP contribution in [0.3, 0.4) is 0 Å². The summed E-state index contributed by atoms with van der Waals surface area (Å²) in [6.07, 6.45) is 8.82. The Morgan fingerprint density at radius 3 is 2.71 bits per heavy atom. The molecule has 3 heterocycles. The van der Waals surface area contributed by atoms with Crippen LogP contribution in [0, 0.1) is 40.3 Å². The van der Waals surface area contributed by atoms with E-state index in [1.165, 1.54) is 23.4 Å². The second kappa shape index (κ2) is 9.20. The third-order valence-electron chi connectivity index (χ3n) is 6.88. The molecule has 3 aromatic rings. The zero-order chi connectivity index (χ0) is 23.7. The van der Waals surface area contributed by atoms with Crippen LogP contribution in [0.15, 0.2) is 36.9 Å². The first kappa shape index (κ1) is 22.0. The number of fused-ring (bicyclic) bond motifs is 1. The van der Waals surface area contributed by atoms with Crippen LogP contribution >= 0.6 is 0 Å². The summed E-state index contributed by atoms with van der Waals surface area (Å²) >= 11 is 0. The van der Waals surface area contributed by atoms with E-state index in [9.17, 15) is 9.18 Å². The van der Waals surface area contributed by atoms with Gasteiger partial charge in [-0.05, 0) is 49.3 Å². The third-order valence-corrected chi connectivity index (χ3v) is 6.88. The molecule has 5 rings (SSSR count). The minimum absolute atomic E-state index is 0.00524. The minimum Gasteiger partial charge on any atom is -0.330 e. The molecule has 0 N–H and O–H groups in total. The van der Waals surface area contributed by atoms with Gasteiger partial charge in [-0.2, -0.15) is 10.5 Å². The number of aromatic nitrogens is 3. The Hall–Kier alpha value is -3.82. The van der Waals surface area contributed by atoms with Gasteiger partial charge in [0, 0.05) is 37.3 Å². The minimum atomic E-state index is -0.540. The number of halogens is 1. The molecule has 1 aliphatic heterocycles. The van der Waals surface area contributed by atoms with E-state index in [0.717, 1.165) is 31.2 Å². The van der Waals surface area contributed by atoms with Crippen LogP contribution < -0.4 is 0 Å². The van der Waals surface area contributed by atoms with E-state index in [4.69, 9.17) is 15.4 Å². The standard InChI is InChI=1S/C25H23FN6O2/c26-21-9-24-22(8-19(21)11-28)30-15-31(24)14-16-1-3-18(4-2-16)25(33)32-23(5-6-34-32)20-7-17(10-27)12-29-13-20/h7-9,12-13,15-16,18,23H,1-6,14H2/t16?,18?,23-/m0/s1. The van der Waals surface area contributed by atoms with Crippen LogP contribution in [0.5, 0.6) is 0 Å². The highest BCUT2D eigenvalue weighted by atomic mass is 19.1. The molecule has 1 saturated heterocycles. The number of pyridine rings is 1. The smallest absolute Gasteiger partial charge is 0.249 e. The molecule has 0 radical (unpaired) electrons. The Bertz CT molecular complexity index is 1320. The topological polar surface area (TPSA) is 108 Å². The summed E-state index contributed by atoms with van der Waals surface area (Å²) in [5.74, 6) is -0.310. The van der Waals surface area contributed by atoms with Gasteiger partial charge in [-0.15, -0.1) is 0 Å². The maximum absolute atomic E-state index is 14.1. The number of nitrogens with zero attached hydrogens (tertiary/aromatic N) is 6. The fourth-order valence-electron chi connectivity index (χ4n) is 5.05. The molecule has 0 unspecified atom stereocenters. The van der Waals surface area contributed by atoms with Crippen molar-refractivity contribution in [1.29, 1.82) is 10.5 Å². The van der Waals surface area contributed by atoms with Crippen molar-refractivity contribution in [3.05, 3.63) is 59.4 Å². The van der Waals surface area contributed by atoms with Gasteiger partial charge in [0.1, 0.15) is 18.0 Å². The first-order valence-electron chi connectivity index (χ1n) is 11.4. The molecule has 1 aromatic carbocycles. The maximum atomic E-state index is 14.1. The van der Waals surface area contributed by atoms with E-state index in [1.807, 2.05) is 10.6 Å². The van der Waals surface area contributed by atoms with Crippen molar-refractivity contribution >= 4 is 16.9 Å². The molecule has 1 saturated carbocycles. The van der Waals surface area contributed by atoms with Gasteiger partial charge in [-0.3, -0.25) is 14.6 Å². The van der Waals surface area contributed by atoms with E-state index >= 15 is 0 Å². The van der Waals surface area contributed by atoms with Crippen molar-refractivity contribution < 1.29 is 14.0 Å². The average Bonchev–Trinajstić information content (AvgIpc) is 3.51. The SMILES string of the molecule is N#Cc1cncc([C@@H]2CCON2C(=O)C2CCC(Cn3cnc4cc(C#N)c(F)cc43)CC2)c1. The van der Waals surface area contributed by atoms with Crippen molar-refractivity contribution in [3.8, 4) is 12.1 Å². The molecule has 172 valence electrons. The van der Waals surface area contributed by atoms with E-state index in [1.54, 1.807) is 18.6 Å². The van der Waals surface area contributed by atoms with Crippen LogP contribution in [-0.4, -0.2) is 32.1 Å². The quantitative estimate of drug-likeness (QED) is 0.584. The summed E-state index contributed by atoms with van der Waals surface area (Å²) in [6.45, 7) is 1.15. The molecular formula is C25H23FN6O2. The zero-order valence-electron chi connectivity index (χ0n) is 18.5. The summed E-state index contributed by atoms with van der Waals surface area (Å²) in [7, 11) is 0. The van der Waals surface area contributed by atoms with Gasteiger partial charge in [-0.1, -0.05) is 0 Å². The van der Waals surface area contributed by atoms with Gasteiger partial charge < -0.3 is 4.57 Å². The molecule has 2 aliphatic rings. The first-order valence-corrected chi connectivity index (χ1v) is 11.4. The Morgan fingerprint density at radius 1 is 1.12 bits per heavy atom. The Labute approximate surface area is 196 Å². The largest absolute Gasteiger partial charge is 0.330 e. The maximum Gasteiger partial charge on any atom is 0.249 e. The van der Waals surface area contributed by atoms with Gasteiger partial charge in [0.05, 0.1) is 41.1 Å². The highest BCUT2D eigenvalue weighted by Gasteiger charge is 2.37. The normalized spacial score (nSPS) is 22.4. The number of imidazole rings is 1. The van der Waals surface area contributed by atoms with E-state index < -0.39 is 5.82 Å². The molecule has 0 bridgehead atoms. The molecule has 8 nitrogen and oxygen atoms in total. The number of amides is 1. The number of carbonyl (C=O) groups excluding carboxylic acids is 1.